The van der Waals surface area contributed by atoms with Gasteiger partial charge in [-0.3, -0.25) is 9.59 Å². The molecule has 0 aromatic heterocycles. The first-order chi connectivity index (χ1) is 11.3. The standard InChI is InChI=1S/C17H23NO6S/c1-9(19)7-10-13(21)18-12(17(5,6)25-14(10)18)15(22)23-8-11(20)24-16(2,3)4/h7,12,14H,8H2,1-6H3/b10-7-/t12-,14+/m0/s1. The second kappa shape index (κ2) is 6.48. The number of ketones is 1. The van der Waals surface area contributed by atoms with Crippen LogP contribution in [0.15, 0.2) is 11.6 Å². The average molecular weight is 369 g/mol. The lowest BCUT2D eigenvalue weighted by molar-refractivity contribution is -0.170. The fourth-order valence-electron chi connectivity index (χ4n) is 2.83. The van der Waals surface area contributed by atoms with E-state index in [2.05, 4.69) is 0 Å². The first kappa shape index (κ1) is 19.5. The minimum absolute atomic E-state index is 0.211. The van der Waals surface area contributed by atoms with Crippen molar-refractivity contribution in [3.8, 4) is 0 Å². The molecule has 0 spiro atoms. The molecule has 0 N–H and O–H groups in total. The zero-order valence-corrected chi connectivity index (χ0v) is 16.1. The number of allylic oxidation sites excluding steroid dienone is 1. The van der Waals surface area contributed by atoms with Gasteiger partial charge in [-0.05, 0) is 47.6 Å². The summed E-state index contributed by atoms with van der Waals surface area (Å²) in [5.74, 6) is -1.86. The fraction of sp³-hybridized carbons (Fsp3) is 0.647. The molecule has 2 rings (SSSR count). The van der Waals surface area contributed by atoms with Gasteiger partial charge in [-0.1, -0.05) is 0 Å². The lowest BCUT2D eigenvalue weighted by atomic mass is 9.95. The lowest BCUT2D eigenvalue weighted by Crippen LogP contribution is -2.59. The number of carbonyl (C=O) groups excluding carboxylic acids is 4. The van der Waals surface area contributed by atoms with Crippen LogP contribution in [0.4, 0.5) is 0 Å². The Labute approximate surface area is 151 Å². The molecule has 0 bridgehead atoms. The summed E-state index contributed by atoms with van der Waals surface area (Å²) in [6.45, 7) is 9.68. The van der Waals surface area contributed by atoms with E-state index >= 15 is 0 Å². The van der Waals surface area contributed by atoms with Crippen molar-refractivity contribution in [3.05, 3.63) is 11.6 Å². The van der Waals surface area contributed by atoms with Crippen LogP contribution < -0.4 is 0 Å². The van der Waals surface area contributed by atoms with Crippen LogP contribution in [0, 0.1) is 0 Å². The van der Waals surface area contributed by atoms with E-state index in [0.717, 1.165) is 0 Å². The van der Waals surface area contributed by atoms with Gasteiger partial charge in [0.2, 0.25) is 0 Å². The Hall–Kier alpha value is -1.83. The van der Waals surface area contributed by atoms with Crippen LogP contribution in [0.3, 0.4) is 0 Å². The second-order valence-electron chi connectivity index (χ2n) is 7.59. The number of hydrogen-bond acceptors (Lipinski definition) is 7. The van der Waals surface area contributed by atoms with Crippen LogP contribution in [0.2, 0.25) is 0 Å². The summed E-state index contributed by atoms with van der Waals surface area (Å²) in [5.41, 5.74) is -0.273. The summed E-state index contributed by atoms with van der Waals surface area (Å²) in [6, 6.07) is -0.818. The van der Waals surface area contributed by atoms with E-state index < -0.39 is 34.9 Å². The van der Waals surface area contributed by atoms with E-state index in [1.165, 1.54) is 29.7 Å². The van der Waals surface area contributed by atoms with Gasteiger partial charge in [0.05, 0.1) is 5.57 Å². The van der Waals surface area contributed by atoms with Crippen molar-refractivity contribution in [1.82, 2.24) is 4.90 Å². The van der Waals surface area contributed by atoms with Crippen molar-refractivity contribution in [2.45, 2.75) is 63.3 Å². The quantitative estimate of drug-likeness (QED) is 0.421. The predicted molar refractivity (Wildman–Crippen MR) is 91.7 cm³/mol. The Morgan fingerprint density at radius 1 is 1.28 bits per heavy atom. The van der Waals surface area contributed by atoms with Gasteiger partial charge in [0.1, 0.15) is 17.0 Å². The van der Waals surface area contributed by atoms with E-state index in [0.29, 0.717) is 5.57 Å². The van der Waals surface area contributed by atoms with Crippen molar-refractivity contribution in [3.63, 3.8) is 0 Å². The van der Waals surface area contributed by atoms with Crippen LogP contribution in [-0.4, -0.2) is 56.9 Å². The number of fused-ring (bicyclic) bond motifs is 1. The Morgan fingerprint density at radius 3 is 2.40 bits per heavy atom. The highest BCUT2D eigenvalue weighted by Gasteiger charge is 2.61. The van der Waals surface area contributed by atoms with Crippen LogP contribution in [0.25, 0.3) is 0 Å². The third-order valence-electron chi connectivity index (χ3n) is 3.69. The van der Waals surface area contributed by atoms with Crippen molar-refractivity contribution >= 4 is 35.4 Å². The van der Waals surface area contributed by atoms with E-state index in [-0.39, 0.29) is 17.1 Å². The summed E-state index contributed by atoms with van der Waals surface area (Å²) in [4.78, 5) is 49.1. The molecule has 0 aromatic rings. The first-order valence-corrected chi connectivity index (χ1v) is 8.82. The molecular formula is C17H23NO6S. The monoisotopic (exact) mass is 369 g/mol. The first-order valence-electron chi connectivity index (χ1n) is 7.94. The zero-order chi connectivity index (χ0) is 19.2. The molecule has 2 heterocycles. The molecule has 0 aliphatic carbocycles. The van der Waals surface area contributed by atoms with E-state index in [9.17, 15) is 19.2 Å². The van der Waals surface area contributed by atoms with Crippen molar-refractivity contribution in [2.75, 3.05) is 6.61 Å². The fourth-order valence-corrected chi connectivity index (χ4v) is 4.38. The number of amides is 1. The molecule has 2 aliphatic heterocycles. The third kappa shape index (κ3) is 4.05. The summed E-state index contributed by atoms with van der Waals surface area (Å²) in [6.07, 6.45) is 1.31. The van der Waals surface area contributed by atoms with Crippen LogP contribution in [0.5, 0.6) is 0 Å². The molecule has 0 radical (unpaired) electrons. The van der Waals surface area contributed by atoms with Crippen LogP contribution >= 0.6 is 11.8 Å². The number of esters is 2. The number of thioether (sulfide) groups is 1. The molecule has 0 unspecified atom stereocenters. The summed E-state index contributed by atoms with van der Waals surface area (Å²) in [5, 5.41) is -0.342. The van der Waals surface area contributed by atoms with E-state index in [1.807, 2.05) is 13.8 Å². The van der Waals surface area contributed by atoms with Crippen LogP contribution in [-0.2, 0) is 28.7 Å². The maximum atomic E-state index is 12.5. The molecule has 0 saturated carbocycles. The highest BCUT2D eigenvalue weighted by molar-refractivity contribution is 8.01. The van der Waals surface area contributed by atoms with Gasteiger partial charge in [0, 0.05) is 4.75 Å². The molecule has 7 nitrogen and oxygen atoms in total. The Bertz CT molecular complexity index is 661. The van der Waals surface area contributed by atoms with Crippen LogP contribution in [0.1, 0.15) is 41.5 Å². The van der Waals surface area contributed by atoms with Gasteiger partial charge in [0.25, 0.3) is 5.91 Å². The normalized spacial score (nSPS) is 26.1. The van der Waals surface area contributed by atoms with Gasteiger partial charge < -0.3 is 14.4 Å². The molecule has 2 fully saturated rings. The number of carbonyl (C=O) groups is 4. The summed E-state index contributed by atoms with van der Waals surface area (Å²) < 4.78 is 9.58. The van der Waals surface area contributed by atoms with Crippen molar-refractivity contribution in [1.29, 1.82) is 0 Å². The number of β-lactam (4-membered cyclic amide) rings is 1. The second-order valence-corrected chi connectivity index (χ2v) is 9.33. The molecule has 25 heavy (non-hydrogen) atoms. The minimum Gasteiger partial charge on any atom is -0.457 e. The molecule has 2 saturated heterocycles. The van der Waals surface area contributed by atoms with Gasteiger partial charge in [-0.25, -0.2) is 9.59 Å². The Kier molecular flexibility index (Phi) is 5.05. The lowest BCUT2D eigenvalue weighted by Gasteiger charge is -2.39. The minimum atomic E-state index is -0.818. The smallest absolute Gasteiger partial charge is 0.344 e. The van der Waals surface area contributed by atoms with Crippen molar-refractivity contribution in [2.24, 2.45) is 0 Å². The molecule has 8 heteroatoms. The maximum Gasteiger partial charge on any atom is 0.344 e. The van der Waals surface area contributed by atoms with Crippen molar-refractivity contribution < 1.29 is 28.7 Å². The highest BCUT2D eigenvalue weighted by Crippen LogP contribution is 2.53. The van der Waals surface area contributed by atoms with Gasteiger partial charge in [-0.2, -0.15) is 0 Å². The highest BCUT2D eigenvalue weighted by atomic mass is 32.2. The summed E-state index contributed by atoms with van der Waals surface area (Å²) >= 11 is 1.42. The number of ether oxygens (including phenoxy) is 2. The van der Waals surface area contributed by atoms with E-state index in [4.69, 9.17) is 9.47 Å². The third-order valence-corrected chi connectivity index (χ3v) is 5.22. The molecule has 138 valence electrons. The molecule has 2 atom stereocenters. The van der Waals surface area contributed by atoms with E-state index in [1.54, 1.807) is 20.8 Å². The Balaban J connectivity index is 2.06. The Morgan fingerprint density at radius 2 is 1.88 bits per heavy atom. The zero-order valence-electron chi connectivity index (χ0n) is 15.2. The predicted octanol–water partition coefficient (Wildman–Crippen LogP) is 1.45. The van der Waals surface area contributed by atoms with Gasteiger partial charge in [0.15, 0.2) is 12.4 Å². The molecule has 2 aliphatic rings. The number of nitrogens with zero attached hydrogens (tertiary/aromatic N) is 1. The molecule has 1 amide bonds. The largest absolute Gasteiger partial charge is 0.457 e. The topological polar surface area (TPSA) is 90.0 Å². The summed E-state index contributed by atoms with van der Waals surface area (Å²) in [7, 11) is 0. The maximum absolute atomic E-state index is 12.5. The number of hydrogen-bond donors (Lipinski definition) is 0. The number of rotatable bonds is 4. The average Bonchev–Trinajstić information content (AvgIpc) is 2.69. The van der Waals surface area contributed by atoms with Gasteiger partial charge in [-0.15, -0.1) is 11.8 Å². The molecule has 0 aromatic carbocycles. The SMILES string of the molecule is CC(=O)/C=C1/C(=O)N2[C@@H]1SC(C)(C)[C@@H]2C(=O)OCC(=O)OC(C)(C)C. The molecular weight excluding hydrogens is 346 g/mol. The van der Waals surface area contributed by atoms with Gasteiger partial charge >= 0.3 is 11.9 Å².